The van der Waals surface area contributed by atoms with Gasteiger partial charge < -0.3 is 10.0 Å². The molecule has 0 radical (unpaired) electrons. The number of hydrogen-bond acceptors (Lipinski definition) is 2. The van der Waals surface area contributed by atoms with Crippen molar-refractivity contribution >= 4 is 5.97 Å². The first-order chi connectivity index (χ1) is 6.61. The van der Waals surface area contributed by atoms with Crippen LogP contribution in [0.1, 0.15) is 32.1 Å². The molecule has 4 fully saturated rings. The van der Waals surface area contributed by atoms with Gasteiger partial charge in [0.1, 0.15) is 0 Å². The Balaban J connectivity index is 1.96. The van der Waals surface area contributed by atoms with Gasteiger partial charge in [-0.1, -0.05) is 0 Å². The number of piperidine rings is 2. The molecule has 2 saturated carbocycles. The Bertz CT molecular complexity index is 273. The third kappa shape index (κ3) is 0.937. The Hall–Kier alpha value is -0.570. The predicted molar refractivity (Wildman–Crippen MR) is 52.0 cm³/mol. The molecule has 14 heavy (non-hydrogen) atoms. The van der Waals surface area contributed by atoms with E-state index in [4.69, 9.17) is 0 Å². The van der Waals surface area contributed by atoms with E-state index in [0.717, 1.165) is 19.3 Å². The van der Waals surface area contributed by atoms with Gasteiger partial charge in [-0.2, -0.15) is 0 Å². The van der Waals surface area contributed by atoms with Crippen LogP contribution < -0.4 is 0 Å². The molecular formula is C11H17NO2. The number of hydrogen-bond donors (Lipinski definition) is 1. The number of rotatable bonds is 1. The van der Waals surface area contributed by atoms with Crippen molar-refractivity contribution in [3.05, 3.63) is 0 Å². The lowest BCUT2D eigenvalue weighted by Gasteiger charge is -2.59. The number of carbonyl (C=O) groups is 1. The normalized spacial score (nSPS) is 51.1. The van der Waals surface area contributed by atoms with Gasteiger partial charge in [0.2, 0.25) is 0 Å². The summed E-state index contributed by atoms with van der Waals surface area (Å²) in [5, 5.41) is 9.35. The smallest absolute Gasteiger partial charge is 0.309 e. The Labute approximate surface area is 84.1 Å². The van der Waals surface area contributed by atoms with Crippen molar-refractivity contribution < 1.29 is 9.90 Å². The largest absolute Gasteiger partial charge is 0.481 e. The van der Waals surface area contributed by atoms with Crippen LogP contribution in [0.25, 0.3) is 0 Å². The molecule has 3 nitrogen and oxygen atoms in total. The van der Waals surface area contributed by atoms with Crippen LogP contribution in [0.3, 0.4) is 0 Å². The molecule has 3 heteroatoms. The average Bonchev–Trinajstić information content (AvgIpc) is 2.12. The highest BCUT2D eigenvalue weighted by Crippen LogP contribution is 2.55. The molecule has 78 valence electrons. The molecule has 4 rings (SSSR count). The van der Waals surface area contributed by atoms with E-state index in [1.807, 2.05) is 0 Å². The zero-order valence-corrected chi connectivity index (χ0v) is 8.57. The predicted octanol–water partition coefficient (Wildman–Crippen LogP) is 1.33. The summed E-state index contributed by atoms with van der Waals surface area (Å²) in [6.07, 6.45) is 5.21. The van der Waals surface area contributed by atoms with E-state index in [2.05, 4.69) is 11.9 Å². The van der Waals surface area contributed by atoms with Crippen LogP contribution in [0.5, 0.6) is 0 Å². The molecule has 2 unspecified atom stereocenters. The number of carboxylic acids is 1. The molecule has 4 bridgehead atoms. The summed E-state index contributed by atoms with van der Waals surface area (Å²) in [7, 11) is 2.17. The molecule has 2 saturated heterocycles. The van der Waals surface area contributed by atoms with Crippen LogP contribution in [0.2, 0.25) is 0 Å². The van der Waals surface area contributed by atoms with Crippen LogP contribution in [-0.4, -0.2) is 35.1 Å². The topological polar surface area (TPSA) is 40.5 Å². The maximum Gasteiger partial charge on any atom is 0.309 e. The van der Waals surface area contributed by atoms with E-state index in [1.54, 1.807) is 0 Å². The third-order valence-electron chi connectivity index (χ3n) is 4.75. The first kappa shape index (κ1) is 8.72. The summed E-state index contributed by atoms with van der Waals surface area (Å²) in [6.45, 7) is 0. The monoisotopic (exact) mass is 195 g/mol. The van der Waals surface area contributed by atoms with E-state index >= 15 is 0 Å². The Morgan fingerprint density at radius 1 is 1.29 bits per heavy atom. The van der Waals surface area contributed by atoms with Gasteiger partial charge in [-0.3, -0.25) is 4.79 Å². The summed E-state index contributed by atoms with van der Waals surface area (Å²) in [6, 6.07) is 1.11. The first-order valence-electron chi connectivity index (χ1n) is 5.56. The highest BCUT2D eigenvalue weighted by atomic mass is 16.4. The zero-order valence-electron chi connectivity index (χ0n) is 8.57. The van der Waals surface area contributed by atoms with Crippen LogP contribution >= 0.6 is 0 Å². The maximum atomic E-state index is 11.3. The summed E-state index contributed by atoms with van der Waals surface area (Å²) in [5.74, 6) is 0.157. The second-order valence-corrected chi connectivity index (χ2v) is 5.51. The molecule has 0 amide bonds. The SMILES string of the molecule is CN1C2CC3CC1CC(C(=O)O)(C3)C2. The molecule has 0 spiro atoms. The highest BCUT2D eigenvalue weighted by molar-refractivity contribution is 5.75. The van der Waals surface area contributed by atoms with Gasteiger partial charge in [0.25, 0.3) is 0 Å². The standard InChI is InChI=1S/C11H17NO2/c1-12-8-2-7-3-9(12)6-11(4-7,5-8)10(13)14/h7-9H,2-6H2,1H3,(H,13,14). The molecule has 2 atom stereocenters. The van der Waals surface area contributed by atoms with Crippen molar-refractivity contribution in [2.45, 2.75) is 44.2 Å². The van der Waals surface area contributed by atoms with Crippen molar-refractivity contribution in [3.63, 3.8) is 0 Å². The third-order valence-corrected chi connectivity index (χ3v) is 4.75. The minimum Gasteiger partial charge on any atom is -0.481 e. The second kappa shape index (κ2) is 2.51. The van der Waals surface area contributed by atoms with E-state index in [-0.39, 0.29) is 5.41 Å². The minimum atomic E-state index is -0.537. The molecule has 1 N–H and O–H groups in total. The fourth-order valence-corrected chi connectivity index (χ4v) is 4.08. The van der Waals surface area contributed by atoms with Gasteiger partial charge in [-0.25, -0.2) is 0 Å². The highest BCUT2D eigenvalue weighted by Gasteiger charge is 2.56. The Morgan fingerprint density at radius 2 is 1.86 bits per heavy atom. The van der Waals surface area contributed by atoms with E-state index in [9.17, 15) is 9.90 Å². The molecule has 2 aliphatic heterocycles. The van der Waals surface area contributed by atoms with Gasteiger partial charge in [0.05, 0.1) is 5.41 Å². The lowest BCUT2D eigenvalue weighted by atomic mass is 9.55. The number of aliphatic carboxylic acids is 1. The summed E-state index contributed by atoms with van der Waals surface area (Å²) < 4.78 is 0. The Kier molecular flexibility index (Phi) is 1.56. The van der Waals surface area contributed by atoms with Crippen molar-refractivity contribution in [3.8, 4) is 0 Å². The summed E-state index contributed by atoms with van der Waals surface area (Å²) in [4.78, 5) is 13.8. The van der Waals surface area contributed by atoms with Crippen LogP contribution in [-0.2, 0) is 4.79 Å². The molecule has 0 aromatic heterocycles. The average molecular weight is 195 g/mol. The van der Waals surface area contributed by atoms with E-state index < -0.39 is 5.97 Å². The fourth-order valence-electron chi connectivity index (χ4n) is 4.08. The van der Waals surface area contributed by atoms with Crippen molar-refractivity contribution in [1.82, 2.24) is 4.90 Å². The second-order valence-electron chi connectivity index (χ2n) is 5.51. The van der Waals surface area contributed by atoms with Crippen LogP contribution in [0, 0.1) is 11.3 Å². The fraction of sp³-hybridized carbons (Fsp3) is 0.909. The zero-order chi connectivity index (χ0) is 9.92. The van der Waals surface area contributed by atoms with Crippen LogP contribution in [0.4, 0.5) is 0 Å². The molecule has 4 aliphatic rings. The molecule has 2 heterocycles. The lowest BCUT2D eigenvalue weighted by molar-refractivity contribution is -0.169. The summed E-state index contributed by atoms with van der Waals surface area (Å²) >= 11 is 0. The number of carboxylic acid groups (broad SMARTS) is 1. The van der Waals surface area contributed by atoms with Gasteiger partial charge in [0, 0.05) is 12.1 Å². The van der Waals surface area contributed by atoms with E-state index in [1.165, 1.54) is 12.8 Å². The van der Waals surface area contributed by atoms with Crippen LogP contribution in [0.15, 0.2) is 0 Å². The lowest BCUT2D eigenvalue weighted by Crippen LogP contribution is -2.62. The molecular weight excluding hydrogens is 178 g/mol. The minimum absolute atomic E-state index is 0.344. The van der Waals surface area contributed by atoms with Crippen molar-refractivity contribution in [2.75, 3.05) is 7.05 Å². The molecule has 2 aliphatic carbocycles. The van der Waals surface area contributed by atoms with Crippen molar-refractivity contribution in [2.24, 2.45) is 11.3 Å². The quantitative estimate of drug-likeness (QED) is 0.686. The van der Waals surface area contributed by atoms with Crippen molar-refractivity contribution in [1.29, 1.82) is 0 Å². The first-order valence-corrected chi connectivity index (χ1v) is 5.56. The maximum absolute atomic E-state index is 11.3. The number of nitrogens with zero attached hydrogens (tertiary/aromatic N) is 1. The van der Waals surface area contributed by atoms with E-state index in [0.29, 0.717) is 18.0 Å². The Morgan fingerprint density at radius 3 is 2.36 bits per heavy atom. The van der Waals surface area contributed by atoms with Gasteiger partial charge in [-0.15, -0.1) is 0 Å². The summed E-state index contributed by atoms with van der Waals surface area (Å²) in [5.41, 5.74) is -0.344. The molecule has 0 aromatic rings. The van der Waals surface area contributed by atoms with Gasteiger partial charge >= 0.3 is 5.97 Å². The van der Waals surface area contributed by atoms with Gasteiger partial charge in [-0.05, 0) is 45.1 Å². The molecule has 0 aromatic carbocycles. The van der Waals surface area contributed by atoms with Gasteiger partial charge in [0.15, 0.2) is 0 Å².